The van der Waals surface area contributed by atoms with Crippen molar-refractivity contribution in [1.29, 1.82) is 0 Å². The van der Waals surface area contributed by atoms with Crippen LogP contribution in [0.1, 0.15) is 24.2 Å². The number of carbonyl (C=O) groups excluding carboxylic acids is 1. The molecule has 0 saturated heterocycles. The van der Waals surface area contributed by atoms with E-state index in [1.807, 2.05) is 13.8 Å². The lowest BCUT2D eigenvalue weighted by Crippen LogP contribution is -2.29. The van der Waals surface area contributed by atoms with Gasteiger partial charge in [-0.05, 0) is 32.0 Å². The fourth-order valence-corrected chi connectivity index (χ4v) is 2.98. The molecule has 0 aliphatic carbocycles. The number of nitro groups is 1. The Morgan fingerprint density at radius 1 is 1.24 bits per heavy atom. The normalized spacial score (nSPS) is 11.2. The lowest BCUT2D eigenvalue weighted by Gasteiger charge is -2.10. The molecule has 10 nitrogen and oxygen atoms in total. The Bertz CT molecular complexity index is 990. The molecule has 0 bridgehead atoms. The molecule has 156 valence electrons. The highest BCUT2D eigenvalue weighted by Crippen LogP contribution is 2.27. The van der Waals surface area contributed by atoms with Gasteiger partial charge in [-0.2, -0.15) is 0 Å². The number of nitro benzene ring substituents is 1. The molecular weight excluding hydrogens is 400 g/mol. The van der Waals surface area contributed by atoms with Crippen LogP contribution in [-0.4, -0.2) is 49.7 Å². The van der Waals surface area contributed by atoms with E-state index in [-0.39, 0.29) is 41.4 Å². The first-order valence-corrected chi connectivity index (χ1v) is 10.6. The molecule has 2 aromatic rings. The highest BCUT2D eigenvalue weighted by Gasteiger charge is 2.18. The number of nitrogens with one attached hydrogen (secondary N) is 2. The van der Waals surface area contributed by atoms with E-state index in [2.05, 4.69) is 15.6 Å². The van der Waals surface area contributed by atoms with E-state index >= 15 is 0 Å². The van der Waals surface area contributed by atoms with Crippen LogP contribution in [0.25, 0.3) is 0 Å². The van der Waals surface area contributed by atoms with E-state index in [1.54, 1.807) is 12.1 Å². The lowest BCUT2D eigenvalue weighted by atomic mass is 10.2. The number of anilines is 1. The highest BCUT2D eigenvalue weighted by atomic mass is 32.2. The van der Waals surface area contributed by atoms with Crippen LogP contribution in [0, 0.1) is 10.1 Å². The van der Waals surface area contributed by atoms with Crippen molar-refractivity contribution in [2.75, 3.05) is 24.7 Å². The maximum Gasteiger partial charge on any atom is 0.293 e. The predicted octanol–water partition coefficient (Wildman–Crippen LogP) is 2.02. The molecule has 0 unspecified atom stereocenters. The SMILES string of the molecule is CC(C)Oc1ccc(C(=O)NCCNc2ccc(S(C)(=O)=O)cc2[N+](=O)[O-])cn1. The quantitative estimate of drug-likeness (QED) is 0.355. The molecule has 1 aromatic carbocycles. The summed E-state index contributed by atoms with van der Waals surface area (Å²) in [5, 5.41) is 16.7. The van der Waals surface area contributed by atoms with Crippen LogP contribution < -0.4 is 15.4 Å². The summed E-state index contributed by atoms with van der Waals surface area (Å²) in [6, 6.07) is 6.80. The second-order valence-electron chi connectivity index (χ2n) is 6.44. The Morgan fingerprint density at radius 3 is 2.52 bits per heavy atom. The van der Waals surface area contributed by atoms with E-state index in [4.69, 9.17) is 4.74 Å². The Kier molecular flexibility index (Phi) is 7.10. The number of benzene rings is 1. The zero-order chi connectivity index (χ0) is 21.6. The third kappa shape index (κ3) is 6.42. The summed E-state index contributed by atoms with van der Waals surface area (Å²) < 4.78 is 28.5. The van der Waals surface area contributed by atoms with Crippen LogP contribution in [-0.2, 0) is 9.84 Å². The Balaban J connectivity index is 1.93. The molecule has 0 saturated carbocycles. The summed E-state index contributed by atoms with van der Waals surface area (Å²) in [7, 11) is -3.56. The van der Waals surface area contributed by atoms with Gasteiger partial charge >= 0.3 is 0 Å². The van der Waals surface area contributed by atoms with Crippen molar-refractivity contribution in [3.05, 3.63) is 52.2 Å². The minimum Gasteiger partial charge on any atom is -0.475 e. The van der Waals surface area contributed by atoms with Crippen molar-refractivity contribution in [3.63, 3.8) is 0 Å². The molecule has 1 aromatic heterocycles. The molecule has 0 aliphatic rings. The van der Waals surface area contributed by atoms with E-state index in [0.29, 0.717) is 11.4 Å². The van der Waals surface area contributed by atoms with E-state index in [0.717, 1.165) is 12.3 Å². The standard InChI is InChI=1S/C18H22N4O6S/c1-12(2)28-17-7-4-13(11-21-17)18(23)20-9-8-19-15-6-5-14(29(3,26)27)10-16(15)22(24)25/h4-7,10-12,19H,8-9H2,1-3H3,(H,20,23). The topological polar surface area (TPSA) is 141 Å². The number of hydrogen-bond donors (Lipinski definition) is 2. The largest absolute Gasteiger partial charge is 0.475 e. The van der Waals surface area contributed by atoms with Crippen LogP contribution in [0.2, 0.25) is 0 Å². The zero-order valence-electron chi connectivity index (χ0n) is 16.2. The van der Waals surface area contributed by atoms with Gasteiger partial charge in [0.2, 0.25) is 5.88 Å². The summed E-state index contributed by atoms with van der Waals surface area (Å²) in [6.45, 7) is 4.13. The van der Waals surface area contributed by atoms with Crippen molar-refractivity contribution in [2.45, 2.75) is 24.8 Å². The lowest BCUT2D eigenvalue weighted by molar-refractivity contribution is -0.384. The maximum absolute atomic E-state index is 12.1. The number of amides is 1. The molecule has 0 atom stereocenters. The van der Waals surface area contributed by atoms with Gasteiger partial charge in [0.05, 0.1) is 21.5 Å². The Morgan fingerprint density at radius 2 is 1.97 bits per heavy atom. The predicted molar refractivity (Wildman–Crippen MR) is 107 cm³/mol. The average molecular weight is 422 g/mol. The van der Waals surface area contributed by atoms with Crippen molar-refractivity contribution in [1.82, 2.24) is 10.3 Å². The van der Waals surface area contributed by atoms with Crippen molar-refractivity contribution < 1.29 is 22.9 Å². The summed E-state index contributed by atoms with van der Waals surface area (Å²) >= 11 is 0. The van der Waals surface area contributed by atoms with Gasteiger partial charge in [0, 0.05) is 37.7 Å². The van der Waals surface area contributed by atoms with Crippen LogP contribution in [0.15, 0.2) is 41.4 Å². The monoisotopic (exact) mass is 422 g/mol. The van der Waals surface area contributed by atoms with Crippen LogP contribution >= 0.6 is 0 Å². The van der Waals surface area contributed by atoms with Crippen LogP contribution in [0.5, 0.6) is 5.88 Å². The molecule has 0 radical (unpaired) electrons. The summed E-state index contributed by atoms with van der Waals surface area (Å²) in [5.41, 5.74) is 0.155. The number of sulfone groups is 1. The smallest absolute Gasteiger partial charge is 0.293 e. The molecule has 0 spiro atoms. The third-order valence-corrected chi connectivity index (χ3v) is 4.79. The number of ether oxygens (including phenoxy) is 1. The van der Waals surface area contributed by atoms with Gasteiger partial charge in [-0.15, -0.1) is 0 Å². The number of pyridine rings is 1. The molecule has 2 rings (SSSR count). The average Bonchev–Trinajstić information content (AvgIpc) is 2.64. The van der Waals surface area contributed by atoms with Gasteiger partial charge in [-0.3, -0.25) is 14.9 Å². The molecule has 11 heteroatoms. The van der Waals surface area contributed by atoms with E-state index in [9.17, 15) is 23.3 Å². The highest BCUT2D eigenvalue weighted by molar-refractivity contribution is 7.90. The van der Waals surface area contributed by atoms with Crippen LogP contribution in [0.4, 0.5) is 11.4 Å². The molecule has 1 amide bonds. The third-order valence-electron chi connectivity index (χ3n) is 3.68. The minimum atomic E-state index is -3.56. The molecule has 0 fully saturated rings. The van der Waals surface area contributed by atoms with Gasteiger partial charge in [0.25, 0.3) is 11.6 Å². The Hall–Kier alpha value is -3.21. The van der Waals surface area contributed by atoms with Crippen molar-refractivity contribution in [2.24, 2.45) is 0 Å². The number of nitrogens with zero attached hydrogens (tertiary/aromatic N) is 2. The summed E-state index contributed by atoms with van der Waals surface area (Å²) in [6.07, 6.45) is 2.35. The minimum absolute atomic E-state index is 0.0243. The van der Waals surface area contributed by atoms with Gasteiger partial charge in [-0.25, -0.2) is 13.4 Å². The molecule has 1 heterocycles. The molecular formula is C18H22N4O6S. The molecule has 2 N–H and O–H groups in total. The first kappa shape index (κ1) is 22.1. The van der Waals surface area contributed by atoms with Crippen molar-refractivity contribution in [3.8, 4) is 5.88 Å². The molecule has 29 heavy (non-hydrogen) atoms. The van der Waals surface area contributed by atoms with Gasteiger partial charge in [0.1, 0.15) is 5.69 Å². The molecule has 0 aliphatic heterocycles. The first-order valence-electron chi connectivity index (χ1n) is 8.71. The van der Waals surface area contributed by atoms with E-state index < -0.39 is 14.8 Å². The van der Waals surface area contributed by atoms with Gasteiger partial charge in [0.15, 0.2) is 9.84 Å². The second kappa shape index (κ2) is 9.32. The number of aromatic nitrogens is 1. The van der Waals surface area contributed by atoms with Crippen molar-refractivity contribution >= 4 is 27.1 Å². The van der Waals surface area contributed by atoms with E-state index in [1.165, 1.54) is 18.3 Å². The summed E-state index contributed by atoms with van der Waals surface area (Å²) in [5.74, 6) is 0.0698. The fourth-order valence-electron chi connectivity index (χ4n) is 2.34. The Labute approximate surface area is 168 Å². The second-order valence-corrected chi connectivity index (χ2v) is 8.46. The van der Waals surface area contributed by atoms with Gasteiger partial charge < -0.3 is 15.4 Å². The summed E-state index contributed by atoms with van der Waals surface area (Å²) in [4.78, 5) is 26.6. The number of rotatable bonds is 9. The first-order chi connectivity index (χ1) is 13.6. The van der Waals surface area contributed by atoms with Crippen LogP contribution in [0.3, 0.4) is 0 Å². The number of hydrogen-bond acceptors (Lipinski definition) is 8. The zero-order valence-corrected chi connectivity index (χ0v) is 17.0. The fraction of sp³-hybridized carbons (Fsp3) is 0.333. The van der Waals surface area contributed by atoms with Gasteiger partial charge in [-0.1, -0.05) is 0 Å². The number of carbonyl (C=O) groups is 1. The maximum atomic E-state index is 12.1.